The Hall–Kier alpha value is -3.86. The van der Waals surface area contributed by atoms with Crippen LogP contribution < -0.4 is 10.1 Å². The van der Waals surface area contributed by atoms with Crippen molar-refractivity contribution >= 4 is 34.4 Å². The lowest BCUT2D eigenvalue weighted by Crippen LogP contribution is -2.13. The maximum Gasteiger partial charge on any atom is 0.371 e. The molecule has 1 saturated carbocycles. The Morgan fingerprint density at radius 3 is 2.54 bits per heavy atom. The fraction of sp³-hybridized carbons (Fsp3) is 0.321. The minimum atomic E-state index is -1.51. The summed E-state index contributed by atoms with van der Waals surface area (Å²) in [5.41, 5.74) is -0.557. The Bertz CT molecular complexity index is 1360. The molecule has 1 aliphatic rings. The fourth-order valence-corrected chi connectivity index (χ4v) is 5.15. The number of carboxylic acid groups (broad SMARTS) is 1. The standard InChI is InChI=1S/C28H27F3N2O5S/c1-37-24(27(35)36)14-19-20(29)12-17(13-21(19)30)26(34)33-28-32-22(15-39-28)18-8-5-9-23(25(18)31)38-11-10-16-6-3-2-4-7-16/h5,8-9,12-16H,2-4,6-7,10-11H2,1H3,(H,35,36)(H,32,33,34)/b24-14+. The van der Waals surface area contributed by atoms with E-state index >= 15 is 4.39 Å². The van der Waals surface area contributed by atoms with Gasteiger partial charge in [0, 0.05) is 28.1 Å². The van der Waals surface area contributed by atoms with Crippen LogP contribution in [0.5, 0.6) is 5.75 Å². The number of methoxy groups -OCH3 is 1. The number of aliphatic carboxylic acids is 1. The highest BCUT2D eigenvalue weighted by atomic mass is 32.1. The fourth-order valence-electron chi connectivity index (χ4n) is 4.45. The first-order chi connectivity index (χ1) is 18.8. The number of amides is 1. The van der Waals surface area contributed by atoms with E-state index < -0.39 is 40.7 Å². The number of benzene rings is 2. The van der Waals surface area contributed by atoms with Crippen LogP contribution in [-0.2, 0) is 9.53 Å². The predicted octanol–water partition coefficient (Wildman–Crippen LogP) is 6.90. The number of anilines is 1. The Balaban J connectivity index is 1.44. The first-order valence-corrected chi connectivity index (χ1v) is 13.3. The van der Waals surface area contributed by atoms with Gasteiger partial charge in [-0.05, 0) is 36.6 Å². The van der Waals surface area contributed by atoms with Gasteiger partial charge in [-0.15, -0.1) is 11.3 Å². The van der Waals surface area contributed by atoms with Gasteiger partial charge < -0.3 is 14.6 Å². The molecule has 7 nitrogen and oxygen atoms in total. The van der Waals surface area contributed by atoms with Gasteiger partial charge in [-0.3, -0.25) is 10.1 Å². The second kappa shape index (κ2) is 12.8. The van der Waals surface area contributed by atoms with Crippen LogP contribution in [0.15, 0.2) is 41.5 Å². The number of carbonyl (C=O) groups excluding carboxylic acids is 1. The van der Waals surface area contributed by atoms with Crippen molar-refractivity contribution in [1.29, 1.82) is 0 Å². The molecule has 39 heavy (non-hydrogen) atoms. The molecule has 1 amide bonds. The van der Waals surface area contributed by atoms with E-state index in [0.717, 1.165) is 37.0 Å². The Kier molecular flexibility index (Phi) is 9.23. The highest BCUT2D eigenvalue weighted by molar-refractivity contribution is 7.14. The summed E-state index contributed by atoms with van der Waals surface area (Å²) in [5.74, 6) is -5.17. The summed E-state index contributed by atoms with van der Waals surface area (Å²) in [6.07, 6.45) is 7.65. The Morgan fingerprint density at radius 1 is 1.15 bits per heavy atom. The molecular weight excluding hydrogens is 533 g/mol. The van der Waals surface area contributed by atoms with E-state index in [1.165, 1.54) is 32.1 Å². The minimum Gasteiger partial charge on any atom is -0.490 e. The van der Waals surface area contributed by atoms with Crippen LogP contribution in [-0.4, -0.2) is 35.7 Å². The van der Waals surface area contributed by atoms with Crippen LogP contribution in [0.4, 0.5) is 18.3 Å². The maximum absolute atomic E-state index is 15.2. The molecule has 2 aromatic carbocycles. The predicted molar refractivity (Wildman–Crippen MR) is 141 cm³/mol. The molecule has 1 aromatic heterocycles. The molecule has 2 N–H and O–H groups in total. The smallest absolute Gasteiger partial charge is 0.371 e. The van der Waals surface area contributed by atoms with Gasteiger partial charge >= 0.3 is 5.97 Å². The largest absolute Gasteiger partial charge is 0.490 e. The van der Waals surface area contributed by atoms with Crippen LogP contribution >= 0.6 is 11.3 Å². The molecule has 3 aromatic rings. The summed E-state index contributed by atoms with van der Waals surface area (Å²) >= 11 is 1.02. The molecule has 1 aliphatic carbocycles. The number of nitrogens with zero attached hydrogens (tertiary/aromatic N) is 1. The van der Waals surface area contributed by atoms with Gasteiger partial charge in [-0.2, -0.15) is 0 Å². The zero-order chi connectivity index (χ0) is 27.9. The van der Waals surface area contributed by atoms with Crippen molar-refractivity contribution in [2.45, 2.75) is 38.5 Å². The van der Waals surface area contributed by atoms with Crippen molar-refractivity contribution < 1.29 is 37.3 Å². The number of hydrogen-bond acceptors (Lipinski definition) is 6. The third-order valence-electron chi connectivity index (χ3n) is 6.52. The Labute approximate surface area is 227 Å². The van der Waals surface area contributed by atoms with Gasteiger partial charge in [0.05, 0.1) is 19.4 Å². The van der Waals surface area contributed by atoms with Crippen molar-refractivity contribution in [2.24, 2.45) is 5.92 Å². The van der Waals surface area contributed by atoms with E-state index in [4.69, 9.17) is 9.84 Å². The first-order valence-electron chi connectivity index (χ1n) is 12.4. The minimum absolute atomic E-state index is 0.0929. The van der Waals surface area contributed by atoms with Gasteiger partial charge in [0.15, 0.2) is 16.7 Å². The number of nitrogens with one attached hydrogen (secondary N) is 1. The van der Waals surface area contributed by atoms with Crippen molar-refractivity contribution in [2.75, 3.05) is 19.0 Å². The molecule has 0 unspecified atom stereocenters. The quantitative estimate of drug-likeness (QED) is 0.207. The molecule has 0 bridgehead atoms. The normalized spacial score (nSPS) is 14.2. The molecule has 0 spiro atoms. The third-order valence-corrected chi connectivity index (χ3v) is 7.28. The SMILES string of the molecule is CO/C(=C/c1c(F)cc(C(=O)Nc2nc(-c3cccc(OCCC4CCCCC4)c3F)cs2)cc1F)C(=O)O. The molecule has 0 radical (unpaired) electrons. The molecule has 0 saturated heterocycles. The summed E-state index contributed by atoms with van der Waals surface area (Å²) < 4.78 is 54.5. The van der Waals surface area contributed by atoms with Gasteiger partial charge in [0.1, 0.15) is 11.6 Å². The lowest BCUT2D eigenvalue weighted by atomic mass is 9.87. The molecular formula is C28H27F3N2O5S. The molecule has 206 valence electrons. The second-order valence-corrected chi connectivity index (χ2v) is 9.98. The van der Waals surface area contributed by atoms with E-state index in [-0.39, 0.29) is 27.7 Å². The van der Waals surface area contributed by atoms with Gasteiger partial charge in [0.25, 0.3) is 5.91 Å². The molecule has 0 aliphatic heterocycles. The van der Waals surface area contributed by atoms with Crippen LogP contribution in [0.2, 0.25) is 0 Å². The van der Waals surface area contributed by atoms with Crippen molar-refractivity contribution in [3.63, 3.8) is 0 Å². The highest BCUT2D eigenvalue weighted by Gasteiger charge is 2.20. The number of carboxylic acids is 1. The first kappa shape index (κ1) is 28.2. The zero-order valence-corrected chi connectivity index (χ0v) is 22.0. The molecule has 4 rings (SSSR count). The van der Waals surface area contributed by atoms with Crippen molar-refractivity contribution in [3.05, 3.63) is 70.0 Å². The summed E-state index contributed by atoms with van der Waals surface area (Å²) in [6.45, 7) is 0.425. The third kappa shape index (κ3) is 6.97. The molecule has 0 atom stereocenters. The number of carbonyl (C=O) groups is 2. The second-order valence-electron chi connectivity index (χ2n) is 9.12. The summed E-state index contributed by atoms with van der Waals surface area (Å²) in [4.78, 5) is 27.9. The number of thiazole rings is 1. The van der Waals surface area contributed by atoms with Crippen LogP contribution in [0.1, 0.15) is 54.4 Å². The number of ether oxygens (including phenoxy) is 2. The van der Waals surface area contributed by atoms with Crippen LogP contribution in [0.3, 0.4) is 0 Å². The van der Waals surface area contributed by atoms with Crippen LogP contribution in [0.25, 0.3) is 17.3 Å². The lowest BCUT2D eigenvalue weighted by Gasteiger charge is -2.21. The number of rotatable bonds is 10. The lowest BCUT2D eigenvalue weighted by molar-refractivity contribution is -0.135. The van der Waals surface area contributed by atoms with E-state index in [9.17, 15) is 18.4 Å². The maximum atomic E-state index is 15.2. The van der Waals surface area contributed by atoms with Crippen molar-refractivity contribution in [1.82, 2.24) is 4.98 Å². The van der Waals surface area contributed by atoms with E-state index in [1.807, 2.05) is 0 Å². The number of aromatic nitrogens is 1. The number of hydrogen-bond donors (Lipinski definition) is 2. The Morgan fingerprint density at radius 2 is 1.87 bits per heavy atom. The zero-order valence-electron chi connectivity index (χ0n) is 21.1. The molecule has 1 heterocycles. The van der Waals surface area contributed by atoms with E-state index in [1.54, 1.807) is 23.6 Å². The molecule has 11 heteroatoms. The molecule has 1 fully saturated rings. The van der Waals surface area contributed by atoms with E-state index in [2.05, 4.69) is 15.0 Å². The summed E-state index contributed by atoms with van der Waals surface area (Å²) in [5, 5.41) is 13.1. The summed E-state index contributed by atoms with van der Waals surface area (Å²) in [7, 11) is 1.05. The van der Waals surface area contributed by atoms with Gasteiger partial charge in [-0.1, -0.05) is 38.2 Å². The average molecular weight is 561 g/mol. The summed E-state index contributed by atoms with van der Waals surface area (Å²) in [6, 6.07) is 6.30. The number of halogens is 3. The topological polar surface area (TPSA) is 97.8 Å². The monoisotopic (exact) mass is 560 g/mol. The van der Waals surface area contributed by atoms with Crippen molar-refractivity contribution in [3.8, 4) is 17.0 Å². The average Bonchev–Trinajstić information content (AvgIpc) is 3.37. The van der Waals surface area contributed by atoms with E-state index in [0.29, 0.717) is 18.6 Å². The van der Waals surface area contributed by atoms with Gasteiger partial charge in [-0.25, -0.2) is 22.9 Å². The highest BCUT2D eigenvalue weighted by Crippen LogP contribution is 2.32. The van der Waals surface area contributed by atoms with Gasteiger partial charge in [0.2, 0.25) is 5.76 Å². The van der Waals surface area contributed by atoms with Crippen LogP contribution in [0, 0.1) is 23.4 Å².